The molecule has 1 radical (unpaired) electrons. The lowest BCUT2D eigenvalue weighted by atomic mass is 9.99. The number of hydrogen-bond acceptors (Lipinski definition) is 7. The lowest BCUT2D eigenvalue weighted by molar-refractivity contribution is 0.0322. The van der Waals surface area contributed by atoms with Gasteiger partial charge in [0.2, 0.25) is 5.91 Å². The summed E-state index contributed by atoms with van der Waals surface area (Å²) >= 11 is 0. The molecule has 2 aromatic heterocycles. The zero-order chi connectivity index (χ0) is 26.0. The maximum absolute atomic E-state index is 13.3. The number of fused-ring (bicyclic) bond motifs is 1. The standard InChI is InChI=1S/C27H27N4O5S/c1-19-5-7-22(8-6-19)37(33,34)31-10-9-23-25(26(28)32)24(18-29-27(23)31)20-3-2-4-21(17-20)36-16-13-30-11-14-35-15-12-30/h2-8,10,17-18H,11-16H2,1H3,(H2,28,32). The van der Waals surface area contributed by atoms with Gasteiger partial charge >= 0.3 is 0 Å². The number of nitrogens with two attached hydrogens (primary N) is 1. The minimum Gasteiger partial charge on any atom is -0.492 e. The Kier molecular flexibility index (Phi) is 6.96. The van der Waals surface area contributed by atoms with Crippen LogP contribution in [0.4, 0.5) is 0 Å². The Hall–Kier alpha value is -3.73. The summed E-state index contributed by atoms with van der Waals surface area (Å²) in [5.74, 6) is -0.0625. The third-order valence-corrected chi connectivity index (χ3v) is 8.01. The van der Waals surface area contributed by atoms with Crippen LogP contribution in [-0.4, -0.2) is 67.6 Å². The van der Waals surface area contributed by atoms with Gasteiger partial charge in [0.1, 0.15) is 12.4 Å². The van der Waals surface area contributed by atoms with E-state index >= 15 is 0 Å². The molecule has 9 nitrogen and oxygen atoms in total. The second kappa shape index (κ2) is 10.3. The molecule has 191 valence electrons. The lowest BCUT2D eigenvalue weighted by Gasteiger charge is -2.26. The molecule has 3 heterocycles. The second-order valence-corrected chi connectivity index (χ2v) is 10.6. The number of amides is 1. The summed E-state index contributed by atoms with van der Waals surface area (Å²) < 4.78 is 38.9. The first kappa shape index (κ1) is 24.9. The van der Waals surface area contributed by atoms with E-state index in [9.17, 15) is 13.2 Å². The number of morpholine rings is 1. The number of hydrogen-bond donors (Lipinski definition) is 1. The molecular weight excluding hydrogens is 492 g/mol. The number of carbonyl (C=O) groups is 1. The summed E-state index contributed by atoms with van der Waals surface area (Å²) in [5.41, 5.74) is 8.09. The third kappa shape index (κ3) is 5.08. The predicted molar refractivity (Wildman–Crippen MR) is 139 cm³/mol. The number of nitrogens with zero attached hydrogens (tertiary/aromatic N) is 3. The number of carbonyl (C=O) groups excluding carboxylic acids is 1. The molecular formula is C27H27N4O5S. The van der Waals surface area contributed by atoms with Crippen molar-refractivity contribution in [3.63, 3.8) is 0 Å². The quantitative estimate of drug-likeness (QED) is 0.380. The Morgan fingerprint density at radius 3 is 2.65 bits per heavy atom. The summed E-state index contributed by atoms with van der Waals surface area (Å²) in [6.07, 6.45) is 2.73. The molecule has 0 saturated carbocycles. The van der Waals surface area contributed by atoms with E-state index < -0.39 is 15.9 Å². The fourth-order valence-electron chi connectivity index (χ4n) is 4.34. The fraction of sp³-hybridized carbons (Fsp3) is 0.259. The molecule has 37 heavy (non-hydrogen) atoms. The Bertz CT molecular complexity index is 1540. The van der Waals surface area contributed by atoms with E-state index in [1.165, 1.54) is 24.5 Å². The number of ether oxygens (including phenoxy) is 2. The summed E-state index contributed by atoms with van der Waals surface area (Å²) in [4.78, 5) is 19.4. The van der Waals surface area contributed by atoms with E-state index in [0.29, 0.717) is 23.5 Å². The van der Waals surface area contributed by atoms with Crippen molar-refractivity contribution in [2.24, 2.45) is 5.73 Å². The number of pyridine rings is 1. The van der Waals surface area contributed by atoms with Crippen LogP contribution in [0.15, 0.2) is 65.8 Å². The molecule has 1 aliphatic heterocycles. The van der Waals surface area contributed by atoms with Gasteiger partial charge in [-0.3, -0.25) is 9.69 Å². The third-order valence-electron chi connectivity index (χ3n) is 6.34. The Balaban J connectivity index is 1.47. The number of rotatable bonds is 8. The highest BCUT2D eigenvalue weighted by Gasteiger charge is 2.24. The highest BCUT2D eigenvalue weighted by atomic mass is 32.2. The van der Waals surface area contributed by atoms with Crippen molar-refractivity contribution in [1.82, 2.24) is 13.9 Å². The summed E-state index contributed by atoms with van der Waals surface area (Å²) in [5, 5.41) is 0.235. The molecule has 1 amide bonds. The largest absolute Gasteiger partial charge is 0.492 e. The van der Waals surface area contributed by atoms with Crippen molar-refractivity contribution >= 4 is 27.0 Å². The van der Waals surface area contributed by atoms with Crippen LogP contribution in [-0.2, 0) is 14.8 Å². The van der Waals surface area contributed by atoms with Gasteiger partial charge in [0.05, 0.1) is 23.7 Å². The normalized spacial score (nSPS) is 14.6. The Morgan fingerprint density at radius 2 is 1.92 bits per heavy atom. The first-order chi connectivity index (χ1) is 17.8. The first-order valence-corrected chi connectivity index (χ1v) is 13.4. The van der Waals surface area contributed by atoms with Gasteiger partial charge in [0.25, 0.3) is 10.0 Å². The molecule has 0 spiro atoms. The van der Waals surface area contributed by atoms with Crippen LogP contribution >= 0.6 is 0 Å². The average Bonchev–Trinajstić information content (AvgIpc) is 3.34. The van der Waals surface area contributed by atoms with E-state index in [-0.39, 0.29) is 21.5 Å². The van der Waals surface area contributed by atoms with Gasteiger partial charge < -0.3 is 15.2 Å². The second-order valence-electron chi connectivity index (χ2n) is 8.83. The van der Waals surface area contributed by atoms with Crippen LogP contribution in [0.5, 0.6) is 5.75 Å². The van der Waals surface area contributed by atoms with Gasteiger partial charge in [0, 0.05) is 49.0 Å². The van der Waals surface area contributed by atoms with Crippen molar-refractivity contribution in [3.05, 3.63) is 78.1 Å². The van der Waals surface area contributed by atoms with Gasteiger partial charge in [0.15, 0.2) is 5.65 Å². The molecule has 0 bridgehead atoms. The van der Waals surface area contributed by atoms with E-state index in [4.69, 9.17) is 15.2 Å². The number of aromatic nitrogens is 2. The van der Waals surface area contributed by atoms with Gasteiger partial charge in [-0.2, -0.15) is 0 Å². The van der Waals surface area contributed by atoms with Gasteiger partial charge in [-0.25, -0.2) is 17.4 Å². The molecule has 10 heteroatoms. The van der Waals surface area contributed by atoms with Crippen molar-refractivity contribution < 1.29 is 22.7 Å². The number of primary amides is 1. The zero-order valence-electron chi connectivity index (χ0n) is 20.4. The van der Waals surface area contributed by atoms with Crippen LogP contribution in [0, 0.1) is 13.0 Å². The monoisotopic (exact) mass is 519 g/mol. The minimum absolute atomic E-state index is 0.0797. The molecule has 4 aromatic rings. The topological polar surface area (TPSA) is 117 Å². The lowest BCUT2D eigenvalue weighted by Crippen LogP contribution is -2.38. The molecule has 0 unspecified atom stereocenters. The Morgan fingerprint density at radius 1 is 1.16 bits per heavy atom. The molecule has 2 N–H and O–H groups in total. The number of aryl methyl sites for hydroxylation is 1. The summed E-state index contributed by atoms with van der Waals surface area (Å²) in [6, 6.07) is 16.7. The maximum atomic E-state index is 13.3. The molecule has 1 fully saturated rings. The molecule has 1 saturated heterocycles. The molecule has 0 aliphatic carbocycles. The van der Waals surface area contributed by atoms with Crippen molar-refractivity contribution in [2.75, 3.05) is 39.5 Å². The van der Waals surface area contributed by atoms with Gasteiger partial charge in [-0.15, -0.1) is 0 Å². The van der Waals surface area contributed by atoms with E-state index in [1.54, 1.807) is 12.1 Å². The molecule has 0 atom stereocenters. The van der Waals surface area contributed by atoms with Crippen LogP contribution in [0.25, 0.3) is 22.2 Å². The fourth-order valence-corrected chi connectivity index (χ4v) is 5.61. The molecule has 1 aliphatic rings. The van der Waals surface area contributed by atoms with Crippen LogP contribution in [0.3, 0.4) is 0 Å². The predicted octanol–water partition coefficient (Wildman–Crippen LogP) is 2.86. The average molecular weight is 520 g/mol. The van der Waals surface area contributed by atoms with Crippen molar-refractivity contribution in [1.29, 1.82) is 0 Å². The Labute approximate surface area is 215 Å². The van der Waals surface area contributed by atoms with Crippen LogP contribution < -0.4 is 10.5 Å². The number of benzene rings is 2. The van der Waals surface area contributed by atoms with Gasteiger partial charge in [-0.1, -0.05) is 29.8 Å². The van der Waals surface area contributed by atoms with Crippen molar-refractivity contribution in [3.8, 4) is 16.9 Å². The highest BCUT2D eigenvalue weighted by molar-refractivity contribution is 7.90. The molecule has 5 rings (SSSR count). The first-order valence-electron chi connectivity index (χ1n) is 11.9. The summed E-state index contributed by atoms with van der Waals surface area (Å²) in [6.45, 7) is 6.39. The summed E-state index contributed by atoms with van der Waals surface area (Å²) in [7, 11) is -3.95. The van der Waals surface area contributed by atoms with E-state index in [0.717, 1.165) is 42.4 Å². The SMILES string of the molecule is Cc1ccc(S(=O)(=O)n2c[c]c3c(C(N)=O)c(-c4cccc(OCCN5CCOCC5)c4)cnc32)cc1. The zero-order valence-corrected chi connectivity index (χ0v) is 21.2. The maximum Gasteiger partial charge on any atom is 0.269 e. The van der Waals surface area contributed by atoms with Crippen molar-refractivity contribution in [2.45, 2.75) is 11.8 Å². The van der Waals surface area contributed by atoms with Gasteiger partial charge in [-0.05, 0) is 36.8 Å². The van der Waals surface area contributed by atoms with Crippen LogP contribution in [0.1, 0.15) is 15.9 Å². The highest BCUT2D eigenvalue weighted by Crippen LogP contribution is 2.32. The van der Waals surface area contributed by atoms with E-state index in [2.05, 4.69) is 16.0 Å². The smallest absolute Gasteiger partial charge is 0.269 e. The van der Waals surface area contributed by atoms with Crippen LogP contribution in [0.2, 0.25) is 0 Å². The molecule has 2 aromatic carbocycles. The minimum atomic E-state index is -3.95. The van der Waals surface area contributed by atoms with E-state index in [1.807, 2.05) is 31.2 Å².